The molecule has 0 saturated heterocycles. The lowest BCUT2D eigenvalue weighted by atomic mass is 10.2. The van der Waals surface area contributed by atoms with Crippen molar-refractivity contribution in [2.45, 2.75) is 12.8 Å². The average molecular weight is 113 g/mol. The molecule has 0 saturated carbocycles. The third-order valence-corrected chi connectivity index (χ3v) is 0.667. The molecule has 1 N–H and O–H groups in total. The van der Waals surface area contributed by atoms with Crippen LogP contribution in [0, 0.1) is 11.3 Å². The molecule has 0 aliphatic carbocycles. The lowest BCUT2D eigenvalue weighted by Gasteiger charge is -1.85. The molecule has 0 spiro atoms. The minimum absolute atomic E-state index is 0.0828. The molecule has 0 rings (SSSR count). The largest absolute Gasteiger partial charge is 0.396 e. The molecular weight excluding hydrogens is 106 g/mol. The third-order valence-electron chi connectivity index (χ3n) is 0.667. The fraction of sp³-hybridized carbons (Fsp3) is 0.600. The van der Waals surface area contributed by atoms with Crippen molar-refractivity contribution < 1.29 is 9.90 Å². The van der Waals surface area contributed by atoms with Gasteiger partial charge in [-0.05, 0) is 0 Å². The van der Waals surface area contributed by atoms with E-state index in [4.69, 9.17) is 10.4 Å². The standard InChI is InChI=1S/C5H7NO2/c6-3-1-5(8)2-4-7/h7H,1-2,4H2. The van der Waals surface area contributed by atoms with E-state index in [2.05, 4.69) is 0 Å². The Morgan fingerprint density at radius 2 is 2.38 bits per heavy atom. The Labute approximate surface area is 47.5 Å². The Morgan fingerprint density at radius 3 is 2.75 bits per heavy atom. The van der Waals surface area contributed by atoms with Gasteiger partial charge in [-0.3, -0.25) is 4.79 Å². The molecule has 0 aromatic heterocycles. The van der Waals surface area contributed by atoms with Gasteiger partial charge in [-0.15, -0.1) is 0 Å². The number of aliphatic hydroxyl groups excluding tert-OH is 1. The molecule has 0 fully saturated rings. The van der Waals surface area contributed by atoms with Crippen LogP contribution in [0.3, 0.4) is 0 Å². The van der Waals surface area contributed by atoms with E-state index in [0.29, 0.717) is 0 Å². The number of hydrogen-bond donors (Lipinski definition) is 1. The predicted molar refractivity (Wildman–Crippen MR) is 26.9 cm³/mol. The molecule has 0 aromatic carbocycles. The monoisotopic (exact) mass is 113 g/mol. The molecule has 0 bridgehead atoms. The van der Waals surface area contributed by atoms with Crippen LogP contribution in [-0.4, -0.2) is 17.5 Å². The van der Waals surface area contributed by atoms with Gasteiger partial charge < -0.3 is 5.11 Å². The van der Waals surface area contributed by atoms with E-state index in [1.165, 1.54) is 0 Å². The van der Waals surface area contributed by atoms with Crippen molar-refractivity contribution in [1.29, 1.82) is 5.26 Å². The van der Waals surface area contributed by atoms with Gasteiger partial charge in [0.2, 0.25) is 0 Å². The summed E-state index contributed by atoms with van der Waals surface area (Å²) in [6.45, 7) is -0.152. The summed E-state index contributed by atoms with van der Waals surface area (Å²) in [5.41, 5.74) is 0. The molecule has 0 heterocycles. The van der Waals surface area contributed by atoms with Crippen molar-refractivity contribution in [3.63, 3.8) is 0 Å². The Balaban J connectivity index is 3.23. The predicted octanol–water partition coefficient (Wildman–Crippen LogP) is -0.148. The van der Waals surface area contributed by atoms with E-state index >= 15 is 0 Å². The number of carbonyl (C=O) groups is 1. The van der Waals surface area contributed by atoms with Crippen LogP contribution < -0.4 is 0 Å². The maximum Gasteiger partial charge on any atom is 0.149 e. The summed E-state index contributed by atoms with van der Waals surface area (Å²) >= 11 is 0. The lowest BCUT2D eigenvalue weighted by molar-refractivity contribution is -0.118. The zero-order valence-corrected chi connectivity index (χ0v) is 4.42. The summed E-state index contributed by atoms with van der Waals surface area (Å²) < 4.78 is 0. The first-order chi connectivity index (χ1) is 3.81. The molecule has 0 radical (unpaired) electrons. The summed E-state index contributed by atoms with van der Waals surface area (Å²) in [6.07, 6.45) is 0.0219. The number of carbonyl (C=O) groups excluding carboxylic acids is 1. The molecule has 44 valence electrons. The average Bonchev–Trinajstić information content (AvgIpc) is 1.68. The fourth-order valence-electron chi connectivity index (χ4n) is 0.301. The first-order valence-electron chi connectivity index (χ1n) is 2.30. The van der Waals surface area contributed by atoms with Crippen LogP contribution in [0.15, 0.2) is 0 Å². The van der Waals surface area contributed by atoms with Gasteiger partial charge in [-0.2, -0.15) is 5.26 Å². The van der Waals surface area contributed by atoms with Crippen LogP contribution in [0.4, 0.5) is 0 Å². The van der Waals surface area contributed by atoms with E-state index < -0.39 is 0 Å². The molecule has 8 heavy (non-hydrogen) atoms. The Kier molecular flexibility index (Phi) is 3.81. The van der Waals surface area contributed by atoms with Crippen LogP contribution >= 0.6 is 0 Å². The van der Waals surface area contributed by atoms with Crippen molar-refractivity contribution in [3.8, 4) is 6.07 Å². The highest BCUT2D eigenvalue weighted by atomic mass is 16.3. The highest BCUT2D eigenvalue weighted by molar-refractivity contribution is 5.80. The van der Waals surface area contributed by atoms with Crippen LogP contribution in [-0.2, 0) is 4.79 Å². The molecule has 0 aliphatic heterocycles. The van der Waals surface area contributed by atoms with Gasteiger partial charge in [0.25, 0.3) is 0 Å². The van der Waals surface area contributed by atoms with E-state index in [0.717, 1.165) is 0 Å². The molecule has 0 amide bonds. The molecule has 0 unspecified atom stereocenters. The first kappa shape index (κ1) is 7.12. The van der Waals surface area contributed by atoms with Crippen LogP contribution in [0.25, 0.3) is 0 Å². The molecule has 3 nitrogen and oxygen atoms in total. The molecule has 0 aliphatic rings. The summed E-state index contributed by atoms with van der Waals surface area (Å²) in [5, 5.41) is 16.0. The molecule has 0 atom stereocenters. The summed E-state index contributed by atoms with van der Waals surface area (Å²) in [4.78, 5) is 10.3. The van der Waals surface area contributed by atoms with Crippen molar-refractivity contribution in [1.82, 2.24) is 0 Å². The minimum atomic E-state index is -0.199. The van der Waals surface area contributed by atoms with Crippen molar-refractivity contribution in [2.24, 2.45) is 0 Å². The van der Waals surface area contributed by atoms with Gasteiger partial charge in [-0.25, -0.2) is 0 Å². The van der Waals surface area contributed by atoms with Crippen molar-refractivity contribution >= 4 is 5.78 Å². The SMILES string of the molecule is N#CCC(=O)CCO. The number of aliphatic hydroxyl groups is 1. The smallest absolute Gasteiger partial charge is 0.149 e. The molecular formula is C5H7NO2. The van der Waals surface area contributed by atoms with Crippen LogP contribution in [0.1, 0.15) is 12.8 Å². The van der Waals surface area contributed by atoms with Crippen LogP contribution in [0.5, 0.6) is 0 Å². The first-order valence-corrected chi connectivity index (χ1v) is 2.30. The quantitative estimate of drug-likeness (QED) is 0.553. The van der Waals surface area contributed by atoms with E-state index in [1.807, 2.05) is 0 Å². The van der Waals surface area contributed by atoms with Gasteiger partial charge in [0.15, 0.2) is 0 Å². The third kappa shape index (κ3) is 3.32. The van der Waals surface area contributed by atoms with Crippen molar-refractivity contribution in [2.75, 3.05) is 6.61 Å². The fourth-order valence-corrected chi connectivity index (χ4v) is 0.301. The second-order valence-electron chi connectivity index (χ2n) is 1.35. The number of ketones is 1. The van der Waals surface area contributed by atoms with Crippen molar-refractivity contribution in [3.05, 3.63) is 0 Å². The van der Waals surface area contributed by atoms with Gasteiger partial charge >= 0.3 is 0 Å². The van der Waals surface area contributed by atoms with E-state index in [-0.39, 0.29) is 25.2 Å². The zero-order chi connectivity index (χ0) is 6.41. The van der Waals surface area contributed by atoms with Gasteiger partial charge in [0.1, 0.15) is 5.78 Å². The Hall–Kier alpha value is -0.880. The maximum atomic E-state index is 10.3. The number of rotatable bonds is 3. The minimum Gasteiger partial charge on any atom is -0.396 e. The van der Waals surface area contributed by atoms with E-state index in [1.54, 1.807) is 6.07 Å². The molecule has 3 heteroatoms. The van der Waals surface area contributed by atoms with Crippen LogP contribution in [0.2, 0.25) is 0 Å². The van der Waals surface area contributed by atoms with E-state index in [9.17, 15) is 4.79 Å². The Bertz CT molecular complexity index is 114. The summed E-state index contributed by atoms with van der Waals surface area (Å²) in [7, 11) is 0. The molecule has 0 aromatic rings. The number of hydrogen-bond acceptors (Lipinski definition) is 3. The zero-order valence-electron chi connectivity index (χ0n) is 4.42. The second-order valence-corrected chi connectivity index (χ2v) is 1.35. The van der Waals surface area contributed by atoms with Gasteiger partial charge in [0.05, 0.1) is 12.5 Å². The Morgan fingerprint density at radius 1 is 1.75 bits per heavy atom. The summed E-state index contributed by atoms with van der Waals surface area (Å²) in [6, 6.07) is 1.69. The van der Waals surface area contributed by atoms with Gasteiger partial charge in [-0.1, -0.05) is 0 Å². The maximum absolute atomic E-state index is 10.3. The number of nitrogens with zero attached hydrogens (tertiary/aromatic N) is 1. The normalized spacial score (nSPS) is 8.00. The lowest BCUT2D eigenvalue weighted by Crippen LogP contribution is -1.98. The number of Topliss-reactive ketones (excluding diaryl/α,β-unsaturated/α-hetero) is 1. The summed E-state index contributed by atoms with van der Waals surface area (Å²) in [5.74, 6) is -0.199. The number of nitriles is 1. The van der Waals surface area contributed by atoms with Gasteiger partial charge in [0, 0.05) is 13.0 Å². The second kappa shape index (κ2) is 4.28. The highest BCUT2D eigenvalue weighted by Gasteiger charge is 1.96. The highest BCUT2D eigenvalue weighted by Crippen LogP contribution is 1.84. The topological polar surface area (TPSA) is 61.1 Å².